The van der Waals surface area contributed by atoms with E-state index in [4.69, 9.17) is 19.4 Å². The molecule has 0 bridgehead atoms. The molecule has 5 heterocycles. The van der Waals surface area contributed by atoms with E-state index in [-0.39, 0.29) is 24.8 Å². The number of thiazole rings is 1. The van der Waals surface area contributed by atoms with Crippen LogP contribution in [0.3, 0.4) is 0 Å². The van der Waals surface area contributed by atoms with Crippen LogP contribution >= 0.6 is 11.3 Å². The molecule has 3 amide bonds. The monoisotopic (exact) mass is 691 g/mol. The Morgan fingerprint density at radius 3 is 2.66 bits per heavy atom. The maximum Gasteiger partial charge on any atom is 0.255 e. The standard InChI is InChI=1S/C37H37N7O5S/c1-22-17-29(23-7-11-33(40-19-23)43(2)3)39-20-26(22)36-41-28-9-8-24(18-32(28)50-36)38-13-14-48-15-16-49-31-6-4-5-25-27(31)21-44(37(25)47)30-10-12-34(45)42-35(30)46/h4-9,11,17-20,30,38H,10,12-16,21H2,1-3H3,(H,42,45,46). The minimum atomic E-state index is -0.662. The van der Waals surface area contributed by atoms with E-state index in [1.54, 1.807) is 23.5 Å². The van der Waals surface area contributed by atoms with Crippen molar-refractivity contribution < 1.29 is 23.9 Å². The highest BCUT2D eigenvalue weighted by Crippen LogP contribution is 2.35. The molecule has 0 saturated carbocycles. The second kappa shape index (κ2) is 14.2. The first-order chi connectivity index (χ1) is 24.2. The lowest BCUT2D eigenvalue weighted by Crippen LogP contribution is -2.52. The average molecular weight is 692 g/mol. The third-order valence-electron chi connectivity index (χ3n) is 8.83. The molecule has 2 aliphatic rings. The Bertz CT molecular complexity index is 2080. The Balaban J connectivity index is 0.886. The van der Waals surface area contributed by atoms with Crippen LogP contribution in [0.4, 0.5) is 11.5 Å². The van der Waals surface area contributed by atoms with E-state index in [2.05, 4.69) is 34.7 Å². The van der Waals surface area contributed by atoms with Crippen molar-refractivity contribution in [2.75, 3.05) is 50.7 Å². The summed E-state index contributed by atoms with van der Waals surface area (Å²) in [7, 11) is 3.94. The van der Waals surface area contributed by atoms with Gasteiger partial charge in [-0.05, 0) is 67.4 Å². The van der Waals surface area contributed by atoms with Crippen LogP contribution in [0.1, 0.15) is 34.3 Å². The molecule has 256 valence electrons. The van der Waals surface area contributed by atoms with Crippen molar-refractivity contribution in [2.45, 2.75) is 32.4 Å². The lowest BCUT2D eigenvalue weighted by atomic mass is 10.0. The van der Waals surface area contributed by atoms with Gasteiger partial charge in [-0.15, -0.1) is 11.3 Å². The summed E-state index contributed by atoms with van der Waals surface area (Å²) in [4.78, 5) is 54.6. The summed E-state index contributed by atoms with van der Waals surface area (Å²) in [6.45, 7) is 4.12. The third kappa shape index (κ3) is 6.87. The topological polar surface area (TPSA) is 139 Å². The largest absolute Gasteiger partial charge is 0.491 e. The number of piperidine rings is 1. The van der Waals surface area contributed by atoms with Crippen LogP contribution in [0.2, 0.25) is 0 Å². The van der Waals surface area contributed by atoms with E-state index in [0.29, 0.717) is 44.1 Å². The summed E-state index contributed by atoms with van der Waals surface area (Å²) in [6.07, 6.45) is 4.28. The molecule has 0 spiro atoms. The van der Waals surface area contributed by atoms with Crippen molar-refractivity contribution in [3.8, 4) is 27.6 Å². The van der Waals surface area contributed by atoms with E-state index in [0.717, 1.165) is 54.7 Å². The fraction of sp³-hybridized carbons (Fsp3) is 0.297. The molecule has 1 saturated heterocycles. The maximum absolute atomic E-state index is 13.0. The maximum atomic E-state index is 13.0. The van der Waals surface area contributed by atoms with Gasteiger partial charge in [-0.3, -0.25) is 24.7 Å². The number of aryl methyl sites for hydroxylation is 1. The zero-order valence-electron chi connectivity index (χ0n) is 28.1. The number of rotatable bonds is 12. The number of hydrogen-bond acceptors (Lipinski definition) is 11. The molecule has 2 aliphatic heterocycles. The molecule has 7 rings (SSSR count). The Morgan fingerprint density at radius 2 is 1.88 bits per heavy atom. The Labute approximate surface area is 293 Å². The molecule has 2 N–H and O–H groups in total. The molecule has 1 fully saturated rings. The minimum absolute atomic E-state index is 0.215. The van der Waals surface area contributed by atoms with Gasteiger partial charge in [-0.2, -0.15) is 0 Å². The molecular formula is C37H37N7O5S. The number of hydrogen-bond donors (Lipinski definition) is 2. The number of ether oxygens (including phenoxy) is 2. The summed E-state index contributed by atoms with van der Waals surface area (Å²) in [5, 5.41) is 6.68. The predicted octanol–water partition coefficient (Wildman–Crippen LogP) is 5.06. The van der Waals surface area contributed by atoms with Gasteiger partial charge >= 0.3 is 0 Å². The molecule has 1 unspecified atom stereocenters. The minimum Gasteiger partial charge on any atom is -0.491 e. The number of nitrogens with one attached hydrogen (secondary N) is 2. The molecule has 2 aromatic carbocycles. The smallest absolute Gasteiger partial charge is 0.255 e. The van der Waals surface area contributed by atoms with Crippen molar-refractivity contribution in [3.63, 3.8) is 0 Å². The van der Waals surface area contributed by atoms with Gasteiger partial charge in [0, 0.05) is 67.4 Å². The molecule has 0 aliphatic carbocycles. The molecule has 1 atom stereocenters. The highest BCUT2D eigenvalue weighted by Gasteiger charge is 2.40. The SMILES string of the molecule is Cc1cc(-c2ccc(N(C)C)nc2)ncc1-c1nc2ccc(NCCOCCOc3cccc4c3CN(C3CCC(=O)NC3=O)C4=O)cc2s1. The van der Waals surface area contributed by atoms with Crippen molar-refractivity contribution in [3.05, 3.63) is 83.7 Å². The van der Waals surface area contributed by atoms with Crippen LogP contribution in [-0.4, -0.2) is 84.1 Å². The number of aromatic nitrogens is 3. The second-order valence-electron chi connectivity index (χ2n) is 12.5. The summed E-state index contributed by atoms with van der Waals surface area (Å²) < 4.78 is 12.9. The number of pyridine rings is 2. The molecule has 5 aromatic rings. The quantitative estimate of drug-likeness (QED) is 0.135. The highest BCUT2D eigenvalue weighted by molar-refractivity contribution is 7.21. The highest BCUT2D eigenvalue weighted by atomic mass is 32.1. The van der Waals surface area contributed by atoms with E-state index in [1.165, 1.54) is 4.90 Å². The number of benzene rings is 2. The van der Waals surface area contributed by atoms with Crippen LogP contribution in [0, 0.1) is 6.92 Å². The van der Waals surface area contributed by atoms with Gasteiger partial charge in [-0.25, -0.2) is 9.97 Å². The first-order valence-corrected chi connectivity index (χ1v) is 17.3. The van der Waals surface area contributed by atoms with E-state index in [9.17, 15) is 14.4 Å². The number of imide groups is 1. The van der Waals surface area contributed by atoms with Crippen LogP contribution in [0.5, 0.6) is 5.75 Å². The van der Waals surface area contributed by atoms with Gasteiger partial charge in [0.25, 0.3) is 5.91 Å². The number of anilines is 2. The summed E-state index contributed by atoms with van der Waals surface area (Å²) >= 11 is 1.64. The van der Waals surface area contributed by atoms with Crippen LogP contribution in [0.15, 0.2) is 67.0 Å². The molecule has 3 aromatic heterocycles. The zero-order chi connectivity index (χ0) is 34.8. The van der Waals surface area contributed by atoms with Crippen molar-refractivity contribution >= 4 is 50.8 Å². The van der Waals surface area contributed by atoms with Gasteiger partial charge in [-0.1, -0.05) is 6.07 Å². The number of fused-ring (bicyclic) bond motifs is 2. The number of amides is 3. The normalized spacial score (nSPS) is 15.7. The van der Waals surface area contributed by atoms with Crippen molar-refractivity contribution in [2.24, 2.45) is 0 Å². The number of nitrogens with zero attached hydrogens (tertiary/aromatic N) is 5. The zero-order valence-corrected chi connectivity index (χ0v) is 28.9. The third-order valence-corrected chi connectivity index (χ3v) is 9.88. The van der Waals surface area contributed by atoms with Crippen LogP contribution < -0.4 is 20.3 Å². The number of carbonyl (C=O) groups is 3. The molecule has 12 nitrogen and oxygen atoms in total. The Kier molecular flexibility index (Phi) is 9.42. The van der Waals surface area contributed by atoms with E-state index in [1.807, 2.05) is 61.7 Å². The van der Waals surface area contributed by atoms with Gasteiger partial charge in [0.2, 0.25) is 11.8 Å². The second-order valence-corrected chi connectivity index (χ2v) is 13.5. The van der Waals surface area contributed by atoms with E-state index >= 15 is 0 Å². The lowest BCUT2D eigenvalue weighted by Gasteiger charge is -2.29. The Morgan fingerprint density at radius 1 is 1.00 bits per heavy atom. The van der Waals surface area contributed by atoms with Gasteiger partial charge in [0.1, 0.15) is 29.2 Å². The predicted molar refractivity (Wildman–Crippen MR) is 192 cm³/mol. The van der Waals surface area contributed by atoms with Crippen molar-refractivity contribution in [1.82, 2.24) is 25.2 Å². The van der Waals surface area contributed by atoms with Gasteiger partial charge in [0.15, 0.2) is 0 Å². The summed E-state index contributed by atoms with van der Waals surface area (Å²) in [5.74, 6) is 0.532. The van der Waals surface area contributed by atoms with Crippen LogP contribution in [0.25, 0.3) is 32.0 Å². The van der Waals surface area contributed by atoms with Crippen LogP contribution in [-0.2, 0) is 20.9 Å². The summed E-state index contributed by atoms with van der Waals surface area (Å²) in [5.41, 5.74) is 7.15. The van der Waals surface area contributed by atoms with Gasteiger partial charge in [0.05, 0.1) is 35.7 Å². The van der Waals surface area contributed by atoms with E-state index < -0.39 is 11.9 Å². The van der Waals surface area contributed by atoms with Crippen molar-refractivity contribution in [1.29, 1.82) is 0 Å². The number of carbonyl (C=O) groups excluding carboxylic acids is 3. The molecule has 13 heteroatoms. The molecule has 50 heavy (non-hydrogen) atoms. The average Bonchev–Trinajstić information content (AvgIpc) is 3.68. The molecule has 0 radical (unpaired) electrons. The first-order valence-electron chi connectivity index (χ1n) is 16.5. The van der Waals surface area contributed by atoms with Gasteiger partial charge < -0.3 is 24.6 Å². The summed E-state index contributed by atoms with van der Waals surface area (Å²) in [6, 6.07) is 16.9. The lowest BCUT2D eigenvalue weighted by molar-refractivity contribution is -0.136. The first kappa shape index (κ1) is 33.1. The molecular weight excluding hydrogens is 655 g/mol. The fourth-order valence-electron chi connectivity index (χ4n) is 6.16. The fourth-order valence-corrected chi connectivity index (χ4v) is 7.24. The Hall–Kier alpha value is -5.40.